The summed E-state index contributed by atoms with van der Waals surface area (Å²) in [6.07, 6.45) is 11.0. The molecule has 1 aliphatic heterocycles. The Hall–Kier alpha value is -1.09. The minimum atomic E-state index is -0.827. The van der Waals surface area contributed by atoms with Crippen LogP contribution in [0, 0.1) is 45.3 Å². The second-order valence-electron chi connectivity index (χ2n) is 13.5. The van der Waals surface area contributed by atoms with Crippen LogP contribution >= 0.6 is 0 Å². The molecule has 0 radical (unpaired) electrons. The van der Waals surface area contributed by atoms with Crippen LogP contribution < -0.4 is 0 Å². The van der Waals surface area contributed by atoms with Gasteiger partial charge in [0.1, 0.15) is 17.6 Å². The van der Waals surface area contributed by atoms with Crippen molar-refractivity contribution < 1.29 is 14.6 Å². The summed E-state index contributed by atoms with van der Waals surface area (Å²) in [5, 5.41) is 10.9. The van der Waals surface area contributed by atoms with Crippen LogP contribution in [-0.2, 0) is 9.53 Å². The van der Waals surface area contributed by atoms with Crippen molar-refractivity contribution >= 4 is 5.97 Å². The maximum absolute atomic E-state index is 12.8. The van der Waals surface area contributed by atoms with Gasteiger partial charge in [0.25, 0.3) is 0 Å². The minimum Gasteiger partial charge on any atom is -0.458 e. The largest absolute Gasteiger partial charge is 0.458 e. The fraction of sp³-hybridized carbons (Fsp3) is 0.828. The van der Waals surface area contributed by atoms with Crippen LogP contribution in [0.3, 0.4) is 0 Å². The lowest BCUT2D eigenvalue weighted by molar-refractivity contribution is -0.146. The molecule has 2 saturated carbocycles. The Bertz CT molecular complexity index is 944. The molecule has 3 nitrogen and oxygen atoms in total. The van der Waals surface area contributed by atoms with E-state index in [4.69, 9.17) is 4.74 Å². The van der Waals surface area contributed by atoms with Crippen molar-refractivity contribution in [2.45, 2.75) is 105 Å². The van der Waals surface area contributed by atoms with Crippen molar-refractivity contribution in [1.82, 2.24) is 0 Å². The highest BCUT2D eigenvalue weighted by molar-refractivity contribution is 5.85. The third-order valence-corrected chi connectivity index (χ3v) is 12.4. The lowest BCUT2D eigenvalue weighted by Gasteiger charge is -2.66. The third kappa shape index (κ3) is 2.21. The Kier molecular flexibility index (Phi) is 4.23. The number of hydrogen-bond acceptors (Lipinski definition) is 3. The molecule has 1 saturated heterocycles. The molecule has 6 rings (SSSR count). The molecule has 6 aliphatic rings. The molecule has 0 aromatic heterocycles. The van der Waals surface area contributed by atoms with E-state index in [-0.39, 0.29) is 12.1 Å². The Morgan fingerprint density at radius 2 is 1.81 bits per heavy atom. The zero-order valence-electron chi connectivity index (χ0n) is 21.0. The second-order valence-corrected chi connectivity index (χ2v) is 13.5. The van der Waals surface area contributed by atoms with Crippen LogP contribution in [0.15, 0.2) is 22.8 Å². The molecule has 2 bridgehead atoms. The highest BCUT2D eigenvalue weighted by Gasteiger charge is 2.67. The Morgan fingerprint density at radius 1 is 1.06 bits per heavy atom. The van der Waals surface area contributed by atoms with E-state index < -0.39 is 11.5 Å². The minimum absolute atomic E-state index is 0.204. The summed E-state index contributed by atoms with van der Waals surface area (Å²) in [5.41, 5.74) is 4.41. The lowest BCUT2D eigenvalue weighted by atomic mass is 9.38. The first-order chi connectivity index (χ1) is 15.0. The quantitative estimate of drug-likeness (QED) is 0.495. The number of esters is 1. The van der Waals surface area contributed by atoms with E-state index in [0.717, 1.165) is 37.0 Å². The number of hydrogen-bond donors (Lipinski definition) is 1. The summed E-state index contributed by atoms with van der Waals surface area (Å²) in [4.78, 5) is 12.8. The van der Waals surface area contributed by atoms with Crippen LogP contribution in [-0.4, -0.2) is 23.3 Å². The fourth-order valence-electron chi connectivity index (χ4n) is 10.4. The number of carbonyl (C=O) groups excluding carboxylic acids is 1. The summed E-state index contributed by atoms with van der Waals surface area (Å²) in [5.74, 6) is 2.82. The number of fused-ring (bicyclic) bond motifs is 9. The predicted octanol–water partition coefficient (Wildman–Crippen LogP) is 6.21. The Balaban J connectivity index is 1.43. The molecule has 0 unspecified atom stereocenters. The van der Waals surface area contributed by atoms with Crippen molar-refractivity contribution in [3.05, 3.63) is 22.8 Å². The van der Waals surface area contributed by atoms with Crippen LogP contribution in [0.25, 0.3) is 0 Å². The van der Waals surface area contributed by atoms with E-state index in [0.29, 0.717) is 28.6 Å². The molecule has 9 atom stereocenters. The summed E-state index contributed by atoms with van der Waals surface area (Å²) in [7, 11) is 0. The van der Waals surface area contributed by atoms with Crippen molar-refractivity contribution in [1.29, 1.82) is 0 Å². The molecular weight excluding hydrogens is 396 g/mol. The molecule has 32 heavy (non-hydrogen) atoms. The molecule has 1 N–H and O–H groups in total. The summed E-state index contributed by atoms with van der Waals surface area (Å²) < 4.78 is 5.67. The van der Waals surface area contributed by atoms with E-state index in [1.165, 1.54) is 42.4 Å². The van der Waals surface area contributed by atoms with Gasteiger partial charge in [-0.2, -0.15) is 0 Å². The number of aliphatic hydroxyl groups excluding tert-OH is 1. The van der Waals surface area contributed by atoms with E-state index >= 15 is 0 Å². The van der Waals surface area contributed by atoms with E-state index in [9.17, 15) is 9.90 Å². The molecule has 1 heterocycles. The molecule has 0 amide bonds. The third-order valence-electron chi connectivity index (χ3n) is 12.4. The summed E-state index contributed by atoms with van der Waals surface area (Å²) >= 11 is 0. The van der Waals surface area contributed by atoms with Gasteiger partial charge in [0.2, 0.25) is 0 Å². The van der Waals surface area contributed by atoms with Gasteiger partial charge in [0.05, 0.1) is 0 Å². The van der Waals surface area contributed by atoms with Crippen LogP contribution in [0.1, 0.15) is 92.9 Å². The second kappa shape index (κ2) is 6.32. The van der Waals surface area contributed by atoms with Gasteiger partial charge in [0.15, 0.2) is 0 Å². The van der Waals surface area contributed by atoms with E-state index in [1.807, 2.05) is 6.92 Å². The molecule has 176 valence electrons. The van der Waals surface area contributed by atoms with Crippen molar-refractivity contribution in [3.63, 3.8) is 0 Å². The van der Waals surface area contributed by atoms with Crippen LogP contribution in [0.5, 0.6) is 0 Å². The van der Waals surface area contributed by atoms with Gasteiger partial charge in [0, 0.05) is 6.42 Å². The zero-order chi connectivity index (χ0) is 22.8. The number of aliphatic hydroxyl groups is 1. The topological polar surface area (TPSA) is 46.5 Å². The number of carbonyl (C=O) groups is 1. The monoisotopic (exact) mass is 438 g/mol. The lowest BCUT2D eigenvalue weighted by Crippen LogP contribution is -2.59. The van der Waals surface area contributed by atoms with Gasteiger partial charge < -0.3 is 9.84 Å². The highest BCUT2D eigenvalue weighted by atomic mass is 16.6. The maximum Gasteiger partial charge on any atom is 0.319 e. The zero-order valence-corrected chi connectivity index (χ0v) is 21.0. The normalized spacial score (nSPS) is 53.9. The van der Waals surface area contributed by atoms with Gasteiger partial charge >= 0.3 is 5.97 Å². The van der Waals surface area contributed by atoms with Gasteiger partial charge in [-0.15, -0.1) is 0 Å². The fourth-order valence-corrected chi connectivity index (χ4v) is 10.4. The van der Waals surface area contributed by atoms with Crippen molar-refractivity contribution in [2.75, 3.05) is 0 Å². The molecule has 0 aromatic carbocycles. The van der Waals surface area contributed by atoms with Crippen molar-refractivity contribution in [3.8, 4) is 0 Å². The SMILES string of the molecule is CC(C)[C@H]1CC[C@@H]2[C@]1(C)CC[C@]1(C)[C@H]3CCC4=C(C[C@H]5OC(=O)[C@]4(C)[C@H]5O)C3=CC[C@@]21C. The van der Waals surface area contributed by atoms with E-state index in [1.54, 1.807) is 0 Å². The van der Waals surface area contributed by atoms with Crippen LogP contribution in [0.4, 0.5) is 0 Å². The first kappa shape index (κ1) is 21.4. The molecule has 0 spiro atoms. The standard InChI is InChI=1S/C29H42O3/c1-16(2)19-9-10-23-26(19,3)13-14-27(4)20-7-8-21-18(17(20)11-12-28(23,27)5)15-22-24(30)29(21,6)25(31)32-22/h11,16,19-20,22-24,30H,7-10,12-15H2,1-6H3/t19-,20+,22-,23-,24+,26-,27-,28+,29+/m1/s1. The number of allylic oxidation sites excluding steroid dienone is 2. The first-order valence-electron chi connectivity index (χ1n) is 13.3. The smallest absolute Gasteiger partial charge is 0.319 e. The maximum atomic E-state index is 12.8. The molecule has 5 aliphatic carbocycles. The van der Waals surface area contributed by atoms with Gasteiger partial charge in [-0.3, -0.25) is 4.79 Å². The molecule has 0 aromatic rings. The van der Waals surface area contributed by atoms with Gasteiger partial charge in [-0.05, 0) is 109 Å². The number of ether oxygens (including phenoxy) is 1. The summed E-state index contributed by atoms with van der Waals surface area (Å²) in [6.45, 7) is 14.7. The average molecular weight is 439 g/mol. The average Bonchev–Trinajstić information content (AvgIpc) is 3.16. The van der Waals surface area contributed by atoms with Gasteiger partial charge in [-0.1, -0.05) is 40.7 Å². The highest BCUT2D eigenvalue weighted by Crippen LogP contribution is 2.74. The van der Waals surface area contributed by atoms with Crippen molar-refractivity contribution in [2.24, 2.45) is 45.3 Å². The molecule has 3 fully saturated rings. The predicted molar refractivity (Wildman–Crippen MR) is 126 cm³/mol. The molecular formula is C29H42O3. The van der Waals surface area contributed by atoms with Gasteiger partial charge in [-0.25, -0.2) is 0 Å². The molecule has 3 heteroatoms. The van der Waals surface area contributed by atoms with Crippen LogP contribution in [0.2, 0.25) is 0 Å². The Labute approximate surface area is 194 Å². The number of rotatable bonds is 1. The summed E-state index contributed by atoms with van der Waals surface area (Å²) in [6, 6.07) is 0. The first-order valence-corrected chi connectivity index (χ1v) is 13.3. The van der Waals surface area contributed by atoms with E-state index in [2.05, 4.69) is 40.7 Å². The Morgan fingerprint density at radius 3 is 2.53 bits per heavy atom.